The summed E-state index contributed by atoms with van der Waals surface area (Å²) in [4.78, 5) is 2.53. The Morgan fingerprint density at radius 3 is 2.52 bits per heavy atom. The molecule has 0 bridgehead atoms. The molecule has 21 heavy (non-hydrogen) atoms. The summed E-state index contributed by atoms with van der Waals surface area (Å²) >= 11 is 0. The van der Waals surface area contributed by atoms with E-state index in [4.69, 9.17) is 14.2 Å². The summed E-state index contributed by atoms with van der Waals surface area (Å²) in [5.74, 6) is 0.790. The van der Waals surface area contributed by atoms with Gasteiger partial charge in [0.05, 0.1) is 33.0 Å². The highest BCUT2D eigenvalue weighted by Crippen LogP contribution is 2.15. The molecule has 1 rings (SSSR count). The van der Waals surface area contributed by atoms with E-state index < -0.39 is 0 Å². The van der Waals surface area contributed by atoms with Gasteiger partial charge in [0.25, 0.3) is 0 Å². The van der Waals surface area contributed by atoms with Crippen LogP contribution in [0.4, 0.5) is 0 Å². The molecule has 1 aliphatic heterocycles. The molecule has 0 aromatic carbocycles. The monoisotopic (exact) mass is 302 g/mol. The molecule has 1 saturated heterocycles. The van der Waals surface area contributed by atoms with Gasteiger partial charge in [0.1, 0.15) is 0 Å². The van der Waals surface area contributed by atoms with Crippen LogP contribution in [-0.2, 0) is 14.2 Å². The van der Waals surface area contributed by atoms with E-state index >= 15 is 0 Å². The number of likely N-dealkylation sites (tertiary alicyclic amines) is 1. The molecule has 0 amide bonds. The van der Waals surface area contributed by atoms with E-state index in [-0.39, 0.29) is 0 Å². The molecule has 1 unspecified atom stereocenters. The molecule has 1 atom stereocenters. The third-order valence-electron chi connectivity index (χ3n) is 3.77. The molecule has 5 nitrogen and oxygen atoms in total. The van der Waals surface area contributed by atoms with Crippen LogP contribution in [0.25, 0.3) is 0 Å². The Balaban J connectivity index is 1.96. The highest BCUT2D eigenvalue weighted by Gasteiger charge is 2.19. The third-order valence-corrected chi connectivity index (χ3v) is 3.77. The zero-order valence-electron chi connectivity index (χ0n) is 14.1. The maximum absolute atomic E-state index is 5.63. The topological polar surface area (TPSA) is 43.0 Å². The lowest BCUT2D eigenvalue weighted by atomic mass is 9.98. The summed E-state index contributed by atoms with van der Waals surface area (Å²) in [5.41, 5.74) is 0. The average Bonchev–Trinajstić information content (AvgIpc) is 2.48. The highest BCUT2D eigenvalue weighted by atomic mass is 16.5. The lowest BCUT2D eigenvalue weighted by Gasteiger charge is -2.33. The highest BCUT2D eigenvalue weighted by molar-refractivity contribution is 4.75. The Labute approximate surface area is 130 Å². The van der Waals surface area contributed by atoms with E-state index in [0.29, 0.717) is 32.5 Å². The van der Waals surface area contributed by atoms with Crippen LogP contribution < -0.4 is 5.32 Å². The first kappa shape index (κ1) is 18.8. The number of methoxy groups -OCH3 is 1. The zero-order valence-corrected chi connectivity index (χ0v) is 14.1. The molecule has 5 heteroatoms. The van der Waals surface area contributed by atoms with Crippen LogP contribution in [0.5, 0.6) is 0 Å². The minimum Gasteiger partial charge on any atom is -0.382 e. The lowest BCUT2D eigenvalue weighted by Crippen LogP contribution is -2.42. The van der Waals surface area contributed by atoms with Crippen molar-refractivity contribution in [2.24, 2.45) is 5.92 Å². The molecule has 126 valence electrons. The molecule has 0 saturated carbocycles. The summed E-state index contributed by atoms with van der Waals surface area (Å²) in [7, 11) is 1.68. The van der Waals surface area contributed by atoms with Gasteiger partial charge in [-0.3, -0.25) is 0 Å². The number of ether oxygens (including phenoxy) is 3. The van der Waals surface area contributed by atoms with Gasteiger partial charge in [0.2, 0.25) is 0 Å². The molecular formula is C16H34N2O3. The molecular weight excluding hydrogens is 268 g/mol. The van der Waals surface area contributed by atoms with Gasteiger partial charge in [-0.2, -0.15) is 0 Å². The minimum absolute atomic E-state index is 0.585. The van der Waals surface area contributed by atoms with Crippen molar-refractivity contribution >= 4 is 0 Å². The van der Waals surface area contributed by atoms with E-state index in [2.05, 4.69) is 24.1 Å². The SMILES string of the molecule is COCCOCCOCCN1CCCC(CNC(C)C)C1. The van der Waals surface area contributed by atoms with Gasteiger partial charge < -0.3 is 24.4 Å². The van der Waals surface area contributed by atoms with E-state index in [1.54, 1.807) is 7.11 Å². The molecule has 1 fully saturated rings. The van der Waals surface area contributed by atoms with Crippen LogP contribution in [0.15, 0.2) is 0 Å². The second kappa shape index (κ2) is 12.4. The average molecular weight is 302 g/mol. The van der Waals surface area contributed by atoms with Crippen molar-refractivity contribution in [3.63, 3.8) is 0 Å². The van der Waals surface area contributed by atoms with Crippen molar-refractivity contribution < 1.29 is 14.2 Å². The fourth-order valence-corrected chi connectivity index (χ4v) is 2.58. The van der Waals surface area contributed by atoms with Crippen molar-refractivity contribution in [3.05, 3.63) is 0 Å². The number of hydrogen-bond donors (Lipinski definition) is 1. The molecule has 0 spiro atoms. The van der Waals surface area contributed by atoms with Gasteiger partial charge in [0.15, 0.2) is 0 Å². The lowest BCUT2D eigenvalue weighted by molar-refractivity contribution is 0.0166. The van der Waals surface area contributed by atoms with Crippen LogP contribution in [0.2, 0.25) is 0 Å². The van der Waals surface area contributed by atoms with E-state index in [0.717, 1.165) is 25.6 Å². The molecule has 0 aromatic rings. The maximum Gasteiger partial charge on any atom is 0.0701 e. The first-order valence-electron chi connectivity index (χ1n) is 8.32. The van der Waals surface area contributed by atoms with Gasteiger partial charge in [-0.25, -0.2) is 0 Å². The minimum atomic E-state index is 0.585. The second-order valence-corrected chi connectivity index (χ2v) is 6.09. The Hall–Kier alpha value is -0.200. The smallest absolute Gasteiger partial charge is 0.0701 e. The first-order chi connectivity index (χ1) is 10.2. The maximum atomic E-state index is 5.63. The number of piperidine rings is 1. The number of hydrogen-bond acceptors (Lipinski definition) is 5. The standard InChI is InChI=1S/C16H34N2O3/c1-15(2)17-13-16-5-4-6-18(14-16)7-8-20-11-12-21-10-9-19-3/h15-17H,4-14H2,1-3H3. The third kappa shape index (κ3) is 10.2. The fraction of sp³-hybridized carbons (Fsp3) is 1.00. The molecule has 0 aromatic heterocycles. The van der Waals surface area contributed by atoms with E-state index in [1.807, 2.05) is 0 Å². The predicted molar refractivity (Wildman–Crippen MR) is 85.8 cm³/mol. The predicted octanol–water partition coefficient (Wildman–Crippen LogP) is 1.38. The Kier molecular flexibility index (Phi) is 11.1. The summed E-state index contributed by atoms with van der Waals surface area (Å²) < 4.78 is 15.9. The first-order valence-corrected chi connectivity index (χ1v) is 8.32. The fourth-order valence-electron chi connectivity index (χ4n) is 2.58. The number of nitrogens with zero attached hydrogens (tertiary/aromatic N) is 1. The summed E-state index contributed by atoms with van der Waals surface area (Å²) in [6, 6.07) is 0.585. The molecule has 0 aliphatic carbocycles. The molecule has 1 aliphatic rings. The second-order valence-electron chi connectivity index (χ2n) is 6.09. The van der Waals surface area contributed by atoms with Crippen molar-refractivity contribution in [2.45, 2.75) is 32.7 Å². The van der Waals surface area contributed by atoms with Gasteiger partial charge in [0, 0.05) is 26.2 Å². The normalized spacial score (nSPS) is 20.3. The Morgan fingerprint density at radius 2 is 1.81 bits per heavy atom. The van der Waals surface area contributed by atoms with Crippen LogP contribution in [0.3, 0.4) is 0 Å². The zero-order chi connectivity index (χ0) is 15.3. The molecule has 1 N–H and O–H groups in total. The van der Waals surface area contributed by atoms with Crippen LogP contribution in [0.1, 0.15) is 26.7 Å². The Bertz CT molecular complexity index is 240. The Morgan fingerprint density at radius 1 is 1.10 bits per heavy atom. The van der Waals surface area contributed by atoms with Crippen molar-refractivity contribution in [1.29, 1.82) is 0 Å². The van der Waals surface area contributed by atoms with Crippen molar-refractivity contribution in [2.75, 3.05) is 66.3 Å². The molecule has 1 heterocycles. The van der Waals surface area contributed by atoms with Crippen molar-refractivity contribution in [1.82, 2.24) is 10.2 Å². The van der Waals surface area contributed by atoms with E-state index in [1.165, 1.54) is 25.9 Å². The molecule has 0 radical (unpaired) electrons. The van der Waals surface area contributed by atoms with Gasteiger partial charge in [-0.15, -0.1) is 0 Å². The van der Waals surface area contributed by atoms with Crippen LogP contribution in [0, 0.1) is 5.92 Å². The number of rotatable bonds is 12. The quantitative estimate of drug-likeness (QED) is 0.552. The van der Waals surface area contributed by atoms with Crippen LogP contribution in [-0.4, -0.2) is 77.3 Å². The summed E-state index contributed by atoms with van der Waals surface area (Å²) in [6.45, 7) is 12.5. The van der Waals surface area contributed by atoms with E-state index in [9.17, 15) is 0 Å². The van der Waals surface area contributed by atoms with Gasteiger partial charge in [-0.05, 0) is 31.8 Å². The van der Waals surface area contributed by atoms with Gasteiger partial charge >= 0.3 is 0 Å². The summed E-state index contributed by atoms with van der Waals surface area (Å²) in [5, 5.41) is 3.55. The van der Waals surface area contributed by atoms with Crippen molar-refractivity contribution in [3.8, 4) is 0 Å². The summed E-state index contributed by atoms with van der Waals surface area (Å²) in [6.07, 6.45) is 2.66. The largest absolute Gasteiger partial charge is 0.382 e. The van der Waals surface area contributed by atoms with Crippen LogP contribution >= 0.6 is 0 Å². The van der Waals surface area contributed by atoms with Gasteiger partial charge in [-0.1, -0.05) is 13.8 Å². The number of nitrogens with one attached hydrogen (secondary N) is 1.